The predicted molar refractivity (Wildman–Crippen MR) is 85.7 cm³/mol. The molecule has 21 heavy (non-hydrogen) atoms. The summed E-state index contributed by atoms with van der Waals surface area (Å²) in [6.45, 7) is 7.69. The highest BCUT2D eigenvalue weighted by atomic mass is 16.7. The molecular formula is C18H29NO2. The fourth-order valence-corrected chi connectivity index (χ4v) is 3.51. The third-order valence-corrected chi connectivity index (χ3v) is 4.40. The summed E-state index contributed by atoms with van der Waals surface area (Å²) in [6, 6.07) is 10.5. The van der Waals surface area contributed by atoms with E-state index in [0.717, 1.165) is 32.2 Å². The molecule has 1 aliphatic heterocycles. The Morgan fingerprint density at radius 2 is 2.05 bits per heavy atom. The van der Waals surface area contributed by atoms with Crippen LogP contribution in [-0.2, 0) is 11.4 Å². The van der Waals surface area contributed by atoms with E-state index in [-0.39, 0.29) is 18.2 Å². The van der Waals surface area contributed by atoms with Gasteiger partial charge in [-0.1, -0.05) is 51.1 Å². The molecule has 0 spiro atoms. The van der Waals surface area contributed by atoms with Gasteiger partial charge in [0.05, 0.1) is 11.6 Å². The summed E-state index contributed by atoms with van der Waals surface area (Å²) >= 11 is 0. The van der Waals surface area contributed by atoms with Crippen molar-refractivity contribution in [3.63, 3.8) is 0 Å². The van der Waals surface area contributed by atoms with Crippen molar-refractivity contribution < 1.29 is 9.94 Å². The van der Waals surface area contributed by atoms with Gasteiger partial charge in [-0.15, -0.1) is 0 Å². The van der Waals surface area contributed by atoms with Crippen molar-refractivity contribution in [2.45, 2.75) is 64.6 Å². The molecule has 1 saturated heterocycles. The van der Waals surface area contributed by atoms with Gasteiger partial charge in [-0.3, -0.25) is 4.84 Å². The van der Waals surface area contributed by atoms with Crippen molar-refractivity contribution in [2.24, 2.45) is 5.92 Å². The Balaban J connectivity index is 2.20. The van der Waals surface area contributed by atoms with E-state index in [1.807, 2.05) is 6.07 Å². The highest BCUT2D eigenvalue weighted by molar-refractivity contribution is 5.15. The number of rotatable bonds is 7. The molecule has 0 saturated carbocycles. The van der Waals surface area contributed by atoms with E-state index in [4.69, 9.17) is 4.84 Å². The number of hydroxylamine groups is 2. The van der Waals surface area contributed by atoms with Crippen molar-refractivity contribution in [1.82, 2.24) is 5.06 Å². The Kier molecular flexibility index (Phi) is 5.80. The van der Waals surface area contributed by atoms with Crippen LogP contribution in [0.15, 0.2) is 30.3 Å². The monoisotopic (exact) mass is 291 g/mol. The van der Waals surface area contributed by atoms with E-state index in [9.17, 15) is 5.11 Å². The molecule has 1 fully saturated rings. The molecule has 2 atom stereocenters. The van der Waals surface area contributed by atoms with Gasteiger partial charge in [0.2, 0.25) is 0 Å². The molecule has 1 aromatic carbocycles. The van der Waals surface area contributed by atoms with Crippen molar-refractivity contribution in [2.75, 3.05) is 6.61 Å². The normalized spacial score (nSPS) is 26.6. The molecule has 0 unspecified atom stereocenters. The molecule has 3 heteroatoms. The number of benzene rings is 1. The highest BCUT2D eigenvalue weighted by Crippen LogP contribution is 2.41. The summed E-state index contributed by atoms with van der Waals surface area (Å²) in [6.07, 6.45) is 4.18. The Bertz CT molecular complexity index is 420. The average molecular weight is 291 g/mol. The highest BCUT2D eigenvalue weighted by Gasteiger charge is 2.46. The first-order chi connectivity index (χ1) is 10.1. The fourth-order valence-electron chi connectivity index (χ4n) is 3.51. The second-order valence-electron chi connectivity index (χ2n) is 6.66. The quantitative estimate of drug-likeness (QED) is 0.830. The van der Waals surface area contributed by atoms with Crippen molar-refractivity contribution in [3.8, 4) is 0 Å². The van der Waals surface area contributed by atoms with Gasteiger partial charge < -0.3 is 5.11 Å². The van der Waals surface area contributed by atoms with E-state index in [0.29, 0.717) is 5.92 Å². The van der Waals surface area contributed by atoms with Crippen LogP contribution in [0.25, 0.3) is 0 Å². The van der Waals surface area contributed by atoms with Crippen LogP contribution in [-0.4, -0.2) is 28.4 Å². The van der Waals surface area contributed by atoms with Crippen molar-refractivity contribution in [3.05, 3.63) is 35.9 Å². The Hall–Kier alpha value is -0.900. The SMILES string of the molecule is CC[C@H]1C[C@@](CCO)(CC(C)C)N(Cc2ccccc2)O1. The summed E-state index contributed by atoms with van der Waals surface area (Å²) in [4.78, 5) is 6.21. The van der Waals surface area contributed by atoms with Crippen LogP contribution < -0.4 is 0 Å². The zero-order chi connectivity index (χ0) is 15.3. The van der Waals surface area contributed by atoms with E-state index < -0.39 is 0 Å². The molecule has 118 valence electrons. The predicted octanol–water partition coefficient (Wildman–Crippen LogP) is 3.77. The van der Waals surface area contributed by atoms with Crippen LogP contribution in [0.3, 0.4) is 0 Å². The summed E-state index contributed by atoms with van der Waals surface area (Å²) in [7, 11) is 0. The van der Waals surface area contributed by atoms with Crippen LogP contribution in [0, 0.1) is 5.92 Å². The average Bonchev–Trinajstić information content (AvgIpc) is 2.77. The Morgan fingerprint density at radius 1 is 1.33 bits per heavy atom. The van der Waals surface area contributed by atoms with Gasteiger partial charge in [0.1, 0.15) is 0 Å². The van der Waals surface area contributed by atoms with Gasteiger partial charge in [-0.05, 0) is 37.2 Å². The van der Waals surface area contributed by atoms with Crippen LogP contribution in [0.5, 0.6) is 0 Å². The second-order valence-corrected chi connectivity index (χ2v) is 6.66. The second kappa shape index (κ2) is 7.39. The smallest absolute Gasteiger partial charge is 0.0809 e. The van der Waals surface area contributed by atoms with Crippen molar-refractivity contribution in [1.29, 1.82) is 0 Å². The third kappa shape index (κ3) is 4.06. The van der Waals surface area contributed by atoms with Gasteiger partial charge in [0, 0.05) is 13.2 Å². The van der Waals surface area contributed by atoms with Gasteiger partial charge in [-0.2, -0.15) is 5.06 Å². The van der Waals surface area contributed by atoms with Gasteiger partial charge in [0.15, 0.2) is 0 Å². The lowest BCUT2D eigenvalue weighted by atomic mass is 9.81. The first kappa shape index (κ1) is 16.5. The molecule has 0 amide bonds. The molecule has 1 aromatic rings. The van der Waals surface area contributed by atoms with Gasteiger partial charge in [0.25, 0.3) is 0 Å². The molecular weight excluding hydrogens is 262 g/mol. The van der Waals surface area contributed by atoms with Crippen LogP contribution in [0.4, 0.5) is 0 Å². The number of hydrogen-bond donors (Lipinski definition) is 1. The Morgan fingerprint density at radius 3 is 2.62 bits per heavy atom. The van der Waals surface area contributed by atoms with E-state index in [1.54, 1.807) is 0 Å². The first-order valence-electron chi connectivity index (χ1n) is 8.19. The molecule has 0 radical (unpaired) electrons. The summed E-state index contributed by atoms with van der Waals surface area (Å²) in [5.41, 5.74) is 1.24. The summed E-state index contributed by atoms with van der Waals surface area (Å²) in [5.74, 6) is 0.592. The molecule has 1 aliphatic rings. The molecule has 3 nitrogen and oxygen atoms in total. The minimum atomic E-state index is -0.0283. The minimum absolute atomic E-state index is 0.0283. The third-order valence-electron chi connectivity index (χ3n) is 4.40. The van der Waals surface area contributed by atoms with Crippen LogP contribution in [0.1, 0.15) is 52.0 Å². The first-order valence-corrected chi connectivity index (χ1v) is 8.19. The van der Waals surface area contributed by atoms with E-state index >= 15 is 0 Å². The molecule has 2 rings (SSSR count). The minimum Gasteiger partial charge on any atom is -0.396 e. The van der Waals surface area contributed by atoms with Gasteiger partial charge in [-0.25, -0.2) is 0 Å². The summed E-state index contributed by atoms with van der Waals surface area (Å²) < 4.78 is 0. The maximum absolute atomic E-state index is 9.57. The molecule has 0 bridgehead atoms. The molecule has 0 aliphatic carbocycles. The zero-order valence-corrected chi connectivity index (χ0v) is 13.6. The van der Waals surface area contributed by atoms with Gasteiger partial charge >= 0.3 is 0 Å². The molecule has 1 N–H and O–H groups in total. The van der Waals surface area contributed by atoms with E-state index in [2.05, 4.69) is 50.1 Å². The largest absolute Gasteiger partial charge is 0.396 e. The maximum Gasteiger partial charge on any atom is 0.0809 e. The van der Waals surface area contributed by atoms with Crippen molar-refractivity contribution >= 4 is 0 Å². The number of hydrogen-bond acceptors (Lipinski definition) is 3. The number of aliphatic hydroxyl groups excluding tert-OH is 1. The Labute approximate surface area is 128 Å². The lowest BCUT2D eigenvalue weighted by Gasteiger charge is -2.37. The number of aliphatic hydroxyl groups is 1. The van der Waals surface area contributed by atoms with Crippen LogP contribution in [0.2, 0.25) is 0 Å². The van der Waals surface area contributed by atoms with Crippen LogP contribution >= 0.6 is 0 Å². The topological polar surface area (TPSA) is 32.7 Å². The lowest BCUT2D eigenvalue weighted by molar-refractivity contribution is -0.201. The number of nitrogens with zero attached hydrogens (tertiary/aromatic N) is 1. The lowest BCUT2D eigenvalue weighted by Crippen LogP contribution is -2.44. The maximum atomic E-state index is 9.57. The molecule has 0 aromatic heterocycles. The summed E-state index contributed by atoms with van der Waals surface area (Å²) in [5, 5.41) is 11.7. The van der Waals surface area contributed by atoms with E-state index in [1.165, 1.54) is 5.56 Å². The standard InChI is InChI=1S/C18H29NO2/c1-4-17-13-18(10-11-20,12-15(2)3)19(21-17)14-16-8-6-5-7-9-16/h5-9,15,17,20H,4,10-14H2,1-3H3/t17-,18+/m0/s1. The molecule has 1 heterocycles. The fraction of sp³-hybridized carbons (Fsp3) is 0.667. The zero-order valence-electron chi connectivity index (χ0n) is 13.6.